The number of carbonyl (C=O) groups is 3. The standard InChI is InChI=1S/C16H16N4O4S/c21-14(18-4-2-6-19-7-5-17-11-19)10-20-15(22)13(25-16(20)23)9-12-3-1-8-24-12/h1,3,5,7-9,11H,2,4,6,10H2,(H,18,21)/b13-9-. The molecule has 2 aromatic heterocycles. The number of furan rings is 1. The van der Waals surface area contributed by atoms with E-state index >= 15 is 0 Å². The molecule has 0 spiro atoms. The van der Waals surface area contributed by atoms with E-state index < -0.39 is 11.1 Å². The fraction of sp³-hybridized carbons (Fsp3) is 0.250. The summed E-state index contributed by atoms with van der Waals surface area (Å²) in [4.78, 5) is 41.3. The van der Waals surface area contributed by atoms with Crippen LogP contribution in [0.1, 0.15) is 12.2 Å². The molecule has 9 heteroatoms. The van der Waals surface area contributed by atoms with Gasteiger partial charge in [0.2, 0.25) is 5.91 Å². The van der Waals surface area contributed by atoms with Crippen LogP contribution in [-0.4, -0.2) is 44.6 Å². The van der Waals surface area contributed by atoms with E-state index in [-0.39, 0.29) is 17.4 Å². The van der Waals surface area contributed by atoms with Gasteiger partial charge in [0.05, 0.1) is 17.5 Å². The number of aromatic nitrogens is 2. The Morgan fingerprint density at radius 3 is 3.00 bits per heavy atom. The lowest BCUT2D eigenvalue weighted by molar-refractivity contribution is -0.129. The number of hydrogen-bond acceptors (Lipinski definition) is 6. The first-order valence-corrected chi connectivity index (χ1v) is 8.46. The first kappa shape index (κ1) is 17.0. The van der Waals surface area contributed by atoms with Crippen molar-refractivity contribution < 1.29 is 18.8 Å². The molecular formula is C16H16N4O4S. The van der Waals surface area contributed by atoms with Crippen molar-refractivity contribution >= 4 is 34.9 Å². The summed E-state index contributed by atoms with van der Waals surface area (Å²) in [5.41, 5.74) is 0. The van der Waals surface area contributed by atoms with Crippen LogP contribution >= 0.6 is 11.8 Å². The Morgan fingerprint density at radius 1 is 1.40 bits per heavy atom. The Balaban J connectivity index is 1.47. The summed E-state index contributed by atoms with van der Waals surface area (Å²) in [6, 6.07) is 3.37. The lowest BCUT2D eigenvalue weighted by Crippen LogP contribution is -2.39. The van der Waals surface area contributed by atoms with Crippen LogP contribution in [0.25, 0.3) is 6.08 Å². The normalized spacial score (nSPS) is 16.0. The fourth-order valence-electron chi connectivity index (χ4n) is 2.25. The molecule has 0 aromatic carbocycles. The van der Waals surface area contributed by atoms with Crippen molar-refractivity contribution in [1.29, 1.82) is 0 Å². The Bertz CT molecular complexity index is 783. The lowest BCUT2D eigenvalue weighted by atomic mass is 10.3. The maximum atomic E-state index is 12.2. The molecule has 0 bridgehead atoms. The molecule has 1 fully saturated rings. The third-order valence-electron chi connectivity index (χ3n) is 3.47. The molecule has 3 rings (SSSR count). The smallest absolute Gasteiger partial charge is 0.294 e. The molecule has 0 saturated carbocycles. The van der Waals surface area contributed by atoms with Gasteiger partial charge in [0.15, 0.2) is 0 Å². The van der Waals surface area contributed by atoms with Gasteiger partial charge in [-0.1, -0.05) is 0 Å². The lowest BCUT2D eigenvalue weighted by Gasteiger charge is -2.12. The van der Waals surface area contributed by atoms with Gasteiger partial charge < -0.3 is 14.3 Å². The topological polar surface area (TPSA) is 97.4 Å². The SMILES string of the molecule is O=C(CN1C(=O)S/C(=C\c2ccco2)C1=O)NCCCn1ccnc1. The third kappa shape index (κ3) is 4.38. The van der Waals surface area contributed by atoms with Gasteiger partial charge in [-0.25, -0.2) is 4.98 Å². The second kappa shape index (κ2) is 7.84. The quantitative estimate of drug-likeness (QED) is 0.596. The molecule has 1 aliphatic rings. The molecule has 1 aliphatic heterocycles. The van der Waals surface area contributed by atoms with Gasteiger partial charge in [0, 0.05) is 31.6 Å². The van der Waals surface area contributed by atoms with E-state index in [1.54, 1.807) is 24.7 Å². The highest BCUT2D eigenvalue weighted by molar-refractivity contribution is 8.18. The number of amides is 3. The van der Waals surface area contributed by atoms with Crippen molar-refractivity contribution in [2.24, 2.45) is 0 Å². The average molecular weight is 360 g/mol. The van der Waals surface area contributed by atoms with E-state index in [2.05, 4.69) is 10.3 Å². The number of nitrogens with one attached hydrogen (secondary N) is 1. The zero-order chi connectivity index (χ0) is 17.6. The summed E-state index contributed by atoms with van der Waals surface area (Å²) in [5.74, 6) is -0.374. The van der Waals surface area contributed by atoms with Crippen LogP contribution in [0.4, 0.5) is 4.79 Å². The van der Waals surface area contributed by atoms with E-state index in [1.165, 1.54) is 12.3 Å². The zero-order valence-corrected chi connectivity index (χ0v) is 14.1. The second-order valence-electron chi connectivity index (χ2n) is 5.29. The van der Waals surface area contributed by atoms with Crippen LogP contribution in [0.5, 0.6) is 0 Å². The molecule has 130 valence electrons. The molecule has 0 atom stereocenters. The Hall–Kier alpha value is -2.81. The molecule has 8 nitrogen and oxygen atoms in total. The van der Waals surface area contributed by atoms with Gasteiger partial charge in [-0.3, -0.25) is 19.3 Å². The molecule has 1 N–H and O–H groups in total. The molecule has 25 heavy (non-hydrogen) atoms. The van der Waals surface area contributed by atoms with Crippen molar-refractivity contribution in [2.45, 2.75) is 13.0 Å². The van der Waals surface area contributed by atoms with E-state index in [0.717, 1.165) is 29.6 Å². The Kier molecular flexibility index (Phi) is 5.34. The number of carbonyl (C=O) groups excluding carboxylic acids is 3. The summed E-state index contributed by atoms with van der Waals surface area (Å²) < 4.78 is 7.04. The van der Waals surface area contributed by atoms with Crippen LogP contribution in [0.3, 0.4) is 0 Å². The summed E-state index contributed by atoms with van der Waals surface area (Å²) >= 11 is 0.797. The molecule has 2 aromatic rings. The van der Waals surface area contributed by atoms with Crippen LogP contribution in [0.2, 0.25) is 0 Å². The van der Waals surface area contributed by atoms with Crippen molar-refractivity contribution in [3.8, 4) is 0 Å². The van der Waals surface area contributed by atoms with Gasteiger partial charge in [0.1, 0.15) is 12.3 Å². The number of aryl methyl sites for hydroxylation is 1. The van der Waals surface area contributed by atoms with E-state index in [0.29, 0.717) is 12.3 Å². The monoisotopic (exact) mass is 360 g/mol. The number of hydrogen-bond donors (Lipinski definition) is 1. The van der Waals surface area contributed by atoms with Crippen LogP contribution in [-0.2, 0) is 16.1 Å². The van der Waals surface area contributed by atoms with Crippen molar-refractivity contribution in [2.75, 3.05) is 13.1 Å². The number of rotatable bonds is 7. The largest absolute Gasteiger partial charge is 0.465 e. The summed E-state index contributed by atoms with van der Waals surface area (Å²) in [6.07, 6.45) is 8.93. The highest BCUT2D eigenvalue weighted by Crippen LogP contribution is 2.31. The molecule has 3 amide bonds. The van der Waals surface area contributed by atoms with Crippen LogP contribution in [0.15, 0.2) is 46.4 Å². The maximum Gasteiger partial charge on any atom is 0.294 e. The number of nitrogens with zero attached hydrogens (tertiary/aromatic N) is 3. The fourth-order valence-corrected chi connectivity index (χ4v) is 3.07. The average Bonchev–Trinajstić information content (AvgIpc) is 3.32. The maximum absolute atomic E-state index is 12.2. The summed E-state index contributed by atoms with van der Waals surface area (Å²) in [7, 11) is 0. The van der Waals surface area contributed by atoms with Crippen LogP contribution in [0, 0.1) is 0 Å². The zero-order valence-electron chi connectivity index (χ0n) is 13.3. The highest BCUT2D eigenvalue weighted by Gasteiger charge is 2.36. The minimum Gasteiger partial charge on any atom is -0.465 e. The van der Waals surface area contributed by atoms with E-state index in [9.17, 15) is 14.4 Å². The predicted molar refractivity (Wildman–Crippen MR) is 91.2 cm³/mol. The van der Waals surface area contributed by atoms with Crippen molar-refractivity contribution in [3.63, 3.8) is 0 Å². The molecule has 3 heterocycles. The number of imidazole rings is 1. The minimum absolute atomic E-state index is 0.243. The van der Waals surface area contributed by atoms with Crippen molar-refractivity contribution in [3.05, 3.63) is 47.8 Å². The number of thioether (sulfide) groups is 1. The van der Waals surface area contributed by atoms with Crippen LogP contribution < -0.4 is 5.32 Å². The first-order valence-electron chi connectivity index (χ1n) is 7.65. The number of imide groups is 1. The van der Waals surface area contributed by atoms with Crippen molar-refractivity contribution in [1.82, 2.24) is 19.8 Å². The molecule has 0 aliphatic carbocycles. The Morgan fingerprint density at radius 2 is 2.28 bits per heavy atom. The predicted octanol–water partition coefficient (Wildman–Crippen LogP) is 1.72. The molecule has 0 unspecified atom stereocenters. The van der Waals surface area contributed by atoms with E-state index in [1.807, 2.05) is 10.8 Å². The second-order valence-corrected chi connectivity index (χ2v) is 6.28. The Labute approximate surface area is 147 Å². The highest BCUT2D eigenvalue weighted by atomic mass is 32.2. The third-order valence-corrected chi connectivity index (χ3v) is 4.37. The van der Waals surface area contributed by atoms with Gasteiger partial charge >= 0.3 is 0 Å². The molecule has 0 radical (unpaired) electrons. The minimum atomic E-state index is -0.486. The van der Waals surface area contributed by atoms with Gasteiger partial charge in [-0.2, -0.15) is 0 Å². The summed E-state index contributed by atoms with van der Waals surface area (Å²) in [6.45, 7) is 0.897. The van der Waals surface area contributed by atoms with Gasteiger partial charge in [-0.15, -0.1) is 0 Å². The first-order chi connectivity index (χ1) is 12.1. The molecular weight excluding hydrogens is 344 g/mol. The van der Waals surface area contributed by atoms with Gasteiger partial charge in [-0.05, 0) is 30.3 Å². The summed E-state index contributed by atoms with van der Waals surface area (Å²) in [5, 5.41) is 2.25. The molecule has 1 saturated heterocycles. The van der Waals surface area contributed by atoms with Gasteiger partial charge in [0.25, 0.3) is 11.1 Å². The van der Waals surface area contributed by atoms with E-state index in [4.69, 9.17) is 4.42 Å².